The van der Waals surface area contributed by atoms with Crippen molar-refractivity contribution in [2.45, 2.75) is 26.2 Å². The summed E-state index contributed by atoms with van der Waals surface area (Å²) in [6.07, 6.45) is 0. The van der Waals surface area contributed by atoms with Gasteiger partial charge < -0.3 is 17.9 Å². The van der Waals surface area contributed by atoms with E-state index in [9.17, 15) is 0 Å². The third-order valence-corrected chi connectivity index (χ3v) is 16.8. The molecule has 2 aromatic rings. The molecule has 0 N–H and O–H groups in total. The van der Waals surface area contributed by atoms with E-state index in [1.807, 2.05) is 0 Å². The van der Waals surface area contributed by atoms with Crippen molar-refractivity contribution in [3.8, 4) is 11.5 Å². The van der Waals surface area contributed by atoms with Crippen LogP contribution in [0.5, 0.6) is 11.5 Å². The highest BCUT2D eigenvalue weighted by Crippen LogP contribution is 2.45. The molecule has 4 nitrogen and oxygen atoms in total. The number of ether oxygens (including phenoxy) is 2. The highest BCUT2D eigenvalue weighted by molar-refractivity contribution is 7.20. The Bertz CT molecular complexity index is 639. The van der Waals surface area contributed by atoms with Crippen LogP contribution in [0.2, 0.25) is 26.2 Å². The van der Waals surface area contributed by atoms with Crippen LogP contribution in [0.25, 0.3) is 0 Å². The first-order valence-corrected chi connectivity index (χ1v) is 14.0. The number of hydrogen-bond donors (Lipinski definition) is 0. The second-order valence-electron chi connectivity index (χ2n) is 7.06. The second-order valence-corrected chi connectivity index (χ2v) is 15.7. The summed E-state index contributed by atoms with van der Waals surface area (Å²) in [6, 6.07) is 17.0. The van der Waals surface area contributed by atoms with Gasteiger partial charge in [-0.15, -0.1) is 0 Å². The van der Waals surface area contributed by atoms with Gasteiger partial charge in [0, 0.05) is 11.4 Å². The third-order valence-electron chi connectivity index (χ3n) is 4.85. The van der Waals surface area contributed by atoms with Gasteiger partial charge in [0.05, 0.1) is 14.2 Å². The molecular weight excluding hydrogens is 332 g/mol. The van der Waals surface area contributed by atoms with Crippen molar-refractivity contribution in [3.05, 3.63) is 48.5 Å². The molecule has 0 aromatic heterocycles. The molecule has 1 heterocycles. The lowest BCUT2D eigenvalue weighted by Crippen LogP contribution is -2.91. The van der Waals surface area contributed by atoms with Crippen molar-refractivity contribution >= 4 is 28.2 Å². The summed E-state index contributed by atoms with van der Waals surface area (Å²) in [5.41, 5.74) is 2.63. The maximum Gasteiger partial charge on any atom is 0.244 e. The molecular formula is C18H26N2O2Si2. The van der Waals surface area contributed by atoms with Crippen LogP contribution >= 0.6 is 0 Å². The molecule has 1 aliphatic rings. The summed E-state index contributed by atoms with van der Waals surface area (Å²) in [5, 5.41) is 0. The highest BCUT2D eigenvalue weighted by Gasteiger charge is 2.61. The van der Waals surface area contributed by atoms with Crippen LogP contribution in [0.1, 0.15) is 0 Å². The molecule has 2 aromatic carbocycles. The fourth-order valence-corrected chi connectivity index (χ4v) is 19.0. The first-order chi connectivity index (χ1) is 11.3. The minimum atomic E-state index is -1.73. The molecule has 1 fully saturated rings. The third kappa shape index (κ3) is 2.50. The van der Waals surface area contributed by atoms with Gasteiger partial charge in [-0.3, -0.25) is 0 Å². The first-order valence-electron chi connectivity index (χ1n) is 8.21. The molecule has 0 spiro atoms. The van der Waals surface area contributed by atoms with Crippen molar-refractivity contribution in [3.63, 3.8) is 0 Å². The van der Waals surface area contributed by atoms with Gasteiger partial charge in [0.15, 0.2) is 0 Å². The first kappa shape index (κ1) is 16.9. The smallest absolute Gasteiger partial charge is 0.244 e. The predicted octanol–water partition coefficient (Wildman–Crippen LogP) is 4.43. The summed E-state index contributed by atoms with van der Waals surface area (Å²) in [7, 11) is -0.0504. The minimum absolute atomic E-state index is 0.908. The molecule has 128 valence electrons. The lowest BCUT2D eigenvalue weighted by molar-refractivity contribution is 0.415. The molecule has 0 radical (unpaired) electrons. The Balaban J connectivity index is 1.93. The van der Waals surface area contributed by atoms with Gasteiger partial charge in [-0.2, -0.15) is 0 Å². The maximum atomic E-state index is 5.30. The standard InChI is InChI=1S/C18H26N2O2Si2/c1-21-17-11-7-15(8-12-17)19-23(3,4)20(24(19,5)6)16-9-13-18(22-2)14-10-16/h7-14H,1-6H3. The second kappa shape index (κ2) is 5.86. The maximum absolute atomic E-state index is 5.30. The molecule has 0 atom stereocenters. The monoisotopic (exact) mass is 358 g/mol. The van der Waals surface area contributed by atoms with Crippen molar-refractivity contribution in [1.82, 2.24) is 0 Å². The molecule has 0 saturated carbocycles. The Morgan fingerprint density at radius 2 is 0.875 bits per heavy atom. The molecule has 3 rings (SSSR count). The molecule has 0 bridgehead atoms. The summed E-state index contributed by atoms with van der Waals surface area (Å²) < 4.78 is 16.0. The molecule has 0 unspecified atom stereocenters. The normalized spacial score (nSPS) is 18.1. The number of methoxy groups -OCH3 is 2. The van der Waals surface area contributed by atoms with Crippen LogP contribution in [0, 0.1) is 0 Å². The Kier molecular flexibility index (Phi) is 4.13. The van der Waals surface area contributed by atoms with Crippen LogP contribution < -0.4 is 17.9 Å². The number of anilines is 2. The summed E-state index contributed by atoms with van der Waals surface area (Å²) in [5.74, 6) is 1.82. The number of benzene rings is 2. The molecule has 1 aliphatic heterocycles. The zero-order chi connectivity index (χ0) is 17.5. The van der Waals surface area contributed by atoms with Crippen molar-refractivity contribution in [2.75, 3.05) is 22.7 Å². The SMILES string of the molecule is COc1ccc(N2[Si](C)(C)N(c3ccc(OC)cc3)[Si]2(C)C)cc1. The predicted molar refractivity (Wildman–Crippen MR) is 106 cm³/mol. The summed E-state index contributed by atoms with van der Waals surface area (Å²) in [4.78, 5) is 0. The zero-order valence-electron chi connectivity index (χ0n) is 15.3. The molecule has 6 heteroatoms. The average molecular weight is 359 g/mol. The largest absolute Gasteiger partial charge is 0.497 e. The Morgan fingerprint density at radius 1 is 0.583 bits per heavy atom. The van der Waals surface area contributed by atoms with Crippen LogP contribution in [0.3, 0.4) is 0 Å². The molecule has 1 saturated heterocycles. The van der Waals surface area contributed by atoms with Crippen molar-refractivity contribution in [2.24, 2.45) is 0 Å². The fourth-order valence-electron chi connectivity index (χ4n) is 4.22. The van der Waals surface area contributed by atoms with Crippen LogP contribution in [0.15, 0.2) is 48.5 Å². The van der Waals surface area contributed by atoms with E-state index in [1.165, 1.54) is 11.4 Å². The van der Waals surface area contributed by atoms with E-state index < -0.39 is 16.8 Å². The highest BCUT2D eigenvalue weighted by atomic mass is 28.5. The quantitative estimate of drug-likeness (QED) is 0.755. The number of hydrogen-bond acceptors (Lipinski definition) is 4. The van der Waals surface area contributed by atoms with Gasteiger partial charge in [0.25, 0.3) is 0 Å². The number of rotatable bonds is 4. The molecule has 0 amide bonds. The zero-order valence-corrected chi connectivity index (χ0v) is 17.3. The van der Waals surface area contributed by atoms with E-state index in [0.717, 1.165) is 11.5 Å². The van der Waals surface area contributed by atoms with Gasteiger partial charge in [-0.25, -0.2) is 0 Å². The topological polar surface area (TPSA) is 24.9 Å². The van der Waals surface area contributed by atoms with Crippen LogP contribution in [-0.4, -0.2) is 31.0 Å². The lowest BCUT2D eigenvalue weighted by atomic mass is 10.3. The van der Waals surface area contributed by atoms with Crippen molar-refractivity contribution in [1.29, 1.82) is 0 Å². The van der Waals surface area contributed by atoms with E-state index >= 15 is 0 Å². The number of nitrogens with zero attached hydrogens (tertiary/aromatic N) is 2. The Morgan fingerprint density at radius 3 is 1.12 bits per heavy atom. The van der Waals surface area contributed by atoms with Gasteiger partial charge in [0.2, 0.25) is 16.8 Å². The average Bonchev–Trinajstić information content (AvgIpc) is 2.55. The fraction of sp³-hybridized carbons (Fsp3) is 0.333. The summed E-state index contributed by atoms with van der Waals surface area (Å²) >= 11 is 0. The molecule has 0 aliphatic carbocycles. The van der Waals surface area contributed by atoms with E-state index in [-0.39, 0.29) is 0 Å². The molecule has 24 heavy (non-hydrogen) atoms. The Labute approximate surface area is 147 Å². The van der Waals surface area contributed by atoms with Gasteiger partial charge in [0.1, 0.15) is 11.5 Å². The Hall–Kier alpha value is -1.93. The van der Waals surface area contributed by atoms with Crippen LogP contribution in [0.4, 0.5) is 11.4 Å². The van der Waals surface area contributed by atoms with E-state index in [4.69, 9.17) is 9.47 Å². The van der Waals surface area contributed by atoms with Gasteiger partial charge in [-0.1, -0.05) is 0 Å². The van der Waals surface area contributed by atoms with Crippen molar-refractivity contribution < 1.29 is 9.47 Å². The van der Waals surface area contributed by atoms with Gasteiger partial charge in [-0.05, 0) is 74.7 Å². The van der Waals surface area contributed by atoms with E-state index in [1.54, 1.807) is 14.2 Å². The van der Waals surface area contributed by atoms with Crippen LogP contribution in [-0.2, 0) is 0 Å². The lowest BCUT2D eigenvalue weighted by Gasteiger charge is -2.69. The van der Waals surface area contributed by atoms with Gasteiger partial charge >= 0.3 is 0 Å². The summed E-state index contributed by atoms with van der Waals surface area (Å²) in [6.45, 7) is 9.67. The minimum Gasteiger partial charge on any atom is -0.497 e. The van der Waals surface area contributed by atoms with E-state index in [0.29, 0.717) is 0 Å². The van der Waals surface area contributed by atoms with E-state index in [2.05, 4.69) is 83.2 Å².